The van der Waals surface area contributed by atoms with Crippen LogP contribution in [0.15, 0.2) is 12.4 Å². The molecule has 1 unspecified atom stereocenters. The van der Waals surface area contributed by atoms with E-state index in [0.717, 1.165) is 13.1 Å². The van der Waals surface area contributed by atoms with E-state index >= 15 is 0 Å². The Labute approximate surface area is 109 Å². The molecule has 1 aromatic rings. The molecule has 0 aliphatic heterocycles. The lowest BCUT2D eigenvalue weighted by molar-refractivity contribution is 0.0853. The number of anilines is 1. The van der Waals surface area contributed by atoms with E-state index in [1.807, 2.05) is 0 Å². The Morgan fingerprint density at radius 3 is 2.72 bits per heavy atom. The summed E-state index contributed by atoms with van der Waals surface area (Å²) in [5, 5.41) is 14.2. The summed E-state index contributed by atoms with van der Waals surface area (Å²) in [7, 11) is 0. The quantitative estimate of drug-likeness (QED) is 0.758. The van der Waals surface area contributed by atoms with Crippen molar-refractivity contribution in [2.24, 2.45) is 5.92 Å². The van der Waals surface area contributed by atoms with Gasteiger partial charge in [0, 0.05) is 25.3 Å². The number of nitrogens with zero attached hydrogens (tertiary/aromatic N) is 3. The van der Waals surface area contributed by atoms with E-state index in [-0.39, 0.29) is 6.10 Å². The first kappa shape index (κ1) is 13.4. The van der Waals surface area contributed by atoms with Gasteiger partial charge in [-0.1, -0.05) is 13.8 Å². The highest BCUT2D eigenvalue weighted by Crippen LogP contribution is 2.27. The molecule has 0 bridgehead atoms. The second-order valence-electron chi connectivity index (χ2n) is 5.73. The molecule has 5 nitrogen and oxygen atoms in total. The van der Waals surface area contributed by atoms with Crippen molar-refractivity contribution in [1.29, 1.82) is 0 Å². The van der Waals surface area contributed by atoms with Gasteiger partial charge in [0.05, 0.1) is 24.5 Å². The second-order valence-corrected chi connectivity index (χ2v) is 5.73. The summed E-state index contributed by atoms with van der Waals surface area (Å²) in [4.78, 5) is 2.40. The summed E-state index contributed by atoms with van der Waals surface area (Å²) >= 11 is 0. The van der Waals surface area contributed by atoms with E-state index in [0.29, 0.717) is 24.2 Å². The zero-order valence-corrected chi connectivity index (χ0v) is 11.3. The first-order valence-corrected chi connectivity index (χ1v) is 6.74. The van der Waals surface area contributed by atoms with Crippen molar-refractivity contribution >= 4 is 5.69 Å². The fourth-order valence-corrected chi connectivity index (χ4v) is 2.31. The molecule has 1 atom stereocenters. The molecule has 2 rings (SSSR count). The van der Waals surface area contributed by atoms with Crippen LogP contribution in [0.2, 0.25) is 0 Å². The molecule has 3 N–H and O–H groups in total. The lowest BCUT2D eigenvalue weighted by atomic mass is 10.2. The summed E-state index contributed by atoms with van der Waals surface area (Å²) in [5.41, 5.74) is 6.25. The third-order valence-electron chi connectivity index (χ3n) is 3.16. The minimum absolute atomic E-state index is 0.386. The smallest absolute Gasteiger partial charge is 0.0862 e. The highest BCUT2D eigenvalue weighted by Gasteiger charge is 2.30. The van der Waals surface area contributed by atoms with Gasteiger partial charge in [-0.3, -0.25) is 9.58 Å². The van der Waals surface area contributed by atoms with Gasteiger partial charge in [-0.2, -0.15) is 5.10 Å². The minimum Gasteiger partial charge on any atom is -0.396 e. The lowest BCUT2D eigenvalue weighted by Gasteiger charge is -2.26. The Hall–Kier alpha value is -1.07. The summed E-state index contributed by atoms with van der Waals surface area (Å²) < 4.78 is 1.71. The van der Waals surface area contributed by atoms with Gasteiger partial charge < -0.3 is 10.8 Å². The van der Waals surface area contributed by atoms with Crippen LogP contribution in [0.25, 0.3) is 0 Å². The van der Waals surface area contributed by atoms with Crippen LogP contribution in [-0.2, 0) is 6.54 Å². The van der Waals surface area contributed by atoms with Crippen molar-refractivity contribution in [1.82, 2.24) is 14.7 Å². The lowest BCUT2D eigenvalue weighted by Crippen LogP contribution is -2.38. The van der Waals surface area contributed by atoms with Crippen molar-refractivity contribution in [3.63, 3.8) is 0 Å². The number of nitrogen functional groups attached to an aromatic ring is 1. The molecule has 1 heterocycles. The average Bonchev–Trinajstić information content (AvgIpc) is 3.02. The number of nitrogens with two attached hydrogens (primary N) is 1. The summed E-state index contributed by atoms with van der Waals surface area (Å²) in [5.74, 6) is 0.637. The largest absolute Gasteiger partial charge is 0.396 e. The maximum atomic E-state index is 10.1. The molecule has 1 aliphatic rings. The molecule has 5 heteroatoms. The second kappa shape index (κ2) is 5.71. The van der Waals surface area contributed by atoms with E-state index in [2.05, 4.69) is 23.8 Å². The van der Waals surface area contributed by atoms with Crippen LogP contribution >= 0.6 is 0 Å². The predicted molar refractivity (Wildman–Crippen MR) is 72.1 cm³/mol. The van der Waals surface area contributed by atoms with Gasteiger partial charge in [-0.25, -0.2) is 0 Å². The van der Waals surface area contributed by atoms with Crippen LogP contribution in [0.5, 0.6) is 0 Å². The molecular formula is C13H24N4O. The molecule has 1 aliphatic carbocycles. The van der Waals surface area contributed by atoms with E-state index in [1.165, 1.54) is 12.8 Å². The van der Waals surface area contributed by atoms with Crippen LogP contribution in [-0.4, -0.2) is 45.0 Å². The Morgan fingerprint density at radius 1 is 1.50 bits per heavy atom. The maximum Gasteiger partial charge on any atom is 0.0862 e. The zero-order chi connectivity index (χ0) is 13.1. The minimum atomic E-state index is -0.386. The van der Waals surface area contributed by atoms with Crippen LogP contribution < -0.4 is 5.73 Å². The van der Waals surface area contributed by atoms with Crippen LogP contribution in [0.4, 0.5) is 5.69 Å². The Balaban J connectivity index is 1.82. The number of aliphatic hydroxyl groups excluding tert-OH is 1. The van der Waals surface area contributed by atoms with Gasteiger partial charge >= 0.3 is 0 Å². The van der Waals surface area contributed by atoms with Gasteiger partial charge in [-0.05, 0) is 18.8 Å². The highest BCUT2D eigenvalue weighted by molar-refractivity contribution is 5.30. The van der Waals surface area contributed by atoms with Gasteiger partial charge in [0.1, 0.15) is 0 Å². The molecule has 0 saturated heterocycles. The molecule has 0 spiro atoms. The average molecular weight is 252 g/mol. The molecule has 102 valence electrons. The van der Waals surface area contributed by atoms with Crippen molar-refractivity contribution in [2.45, 2.75) is 45.4 Å². The third-order valence-corrected chi connectivity index (χ3v) is 3.16. The standard InChI is InChI=1S/C13H24N4O/c1-10(2)6-16(12-3-4-12)8-13(18)9-17-7-11(14)5-15-17/h5,7,10,12-13,18H,3-4,6,8-9,14H2,1-2H3. The summed E-state index contributed by atoms with van der Waals surface area (Å²) in [6, 6.07) is 0.685. The Bertz CT molecular complexity index is 373. The summed E-state index contributed by atoms with van der Waals surface area (Å²) in [6.45, 7) is 6.73. The molecular weight excluding hydrogens is 228 g/mol. The number of hydrogen-bond donors (Lipinski definition) is 2. The SMILES string of the molecule is CC(C)CN(CC(O)Cn1cc(N)cn1)C1CC1. The molecule has 1 fully saturated rings. The maximum absolute atomic E-state index is 10.1. The number of hydrogen-bond acceptors (Lipinski definition) is 4. The highest BCUT2D eigenvalue weighted by atomic mass is 16.3. The van der Waals surface area contributed by atoms with Crippen molar-refractivity contribution in [3.05, 3.63) is 12.4 Å². The van der Waals surface area contributed by atoms with E-state index in [9.17, 15) is 5.11 Å². The van der Waals surface area contributed by atoms with E-state index in [4.69, 9.17) is 5.73 Å². The van der Waals surface area contributed by atoms with E-state index in [1.54, 1.807) is 17.1 Å². The predicted octanol–water partition coefficient (Wildman–Crippen LogP) is 0.947. The molecule has 1 saturated carbocycles. The number of aliphatic hydroxyl groups is 1. The van der Waals surface area contributed by atoms with Gasteiger partial charge in [0.25, 0.3) is 0 Å². The van der Waals surface area contributed by atoms with Crippen molar-refractivity contribution in [3.8, 4) is 0 Å². The van der Waals surface area contributed by atoms with Gasteiger partial charge in [-0.15, -0.1) is 0 Å². The third kappa shape index (κ3) is 3.99. The summed E-state index contributed by atoms with van der Waals surface area (Å²) in [6.07, 6.45) is 5.53. The molecule has 18 heavy (non-hydrogen) atoms. The van der Waals surface area contributed by atoms with Crippen molar-refractivity contribution in [2.75, 3.05) is 18.8 Å². The Kier molecular flexibility index (Phi) is 4.24. The van der Waals surface area contributed by atoms with Gasteiger partial charge in [0.15, 0.2) is 0 Å². The van der Waals surface area contributed by atoms with Crippen LogP contribution in [0.1, 0.15) is 26.7 Å². The first-order valence-electron chi connectivity index (χ1n) is 6.74. The van der Waals surface area contributed by atoms with Gasteiger partial charge in [0.2, 0.25) is 0 Å². The fourth-order valence-electron chi connectivity index (χ4n) is 2.31. The molecule has 0 amide bonds. The topological polar surface area (TPSA) is 67.3 Å². The number of rotatable bonds is 7. The van der Waals surface area contributed by atoms with Crippen molar-refractivity contribution < 1.29 is 5.11 Å². The molecule has 1 aromatic heterocycles. The molecule has 0 radical (unpaired) electrons. The monoisotopic (exact) mass is 252 g/mol. The van der Waals surface area contributed by atoms with E-state index < -0.39 is 0 Å². The molecule has 0 aromatic carbocycles. The van der Waals surface area contributed by atoms with Crippen LogP contribution in [0, 0.1) is 5.92 Å². The fraction of sp³-hybridized carbons (Fsp3) is 0.769. The normalized spacial score (nSPS) is 17.6. The Morgan fingerprint density at radius 2 is 2.22 bits per heavy atom. The number of aromatic nitrogens is 2. The van der Waals surface area contributed by atoms with Crippen LogP contribution in [0.3, 0.4) is 0 Å². The zero-order valence-electron chi connectivity index (χ0n) is 11.3. The first-order chi connectivity index (χ1) is 8.54.